The first-order valence-corrected chi connectivity index (χ1v) is 8.89. The summed E-state index contributed by atoms with van der Waals surface area (Å²) in [6.45, 7) is 2.74. The van der Waals surface area contributed by atoms with Crippen molar-refractivity contribution in [2.75, 3.05) is 13.1 Å². The van der Waals surface area contributed by atoms with Gasteiger partial charge in [0.25, 0.3) is 0 Å². The van der Waals surface area contributed by atoms with E-state index >= 15 is 0 Å². The molecule has 25 heavy (non-hydrogen) atoms. The van der Waals surface area contributed by atoms with Crippen LogP contribution in [0.15, 0.2) is 60.8 Å². The van der Waals surface area contributed by atoms with E-state index in [1.165, 1.54) is 10.9 Å². The van der Waals surface area contributed by atoms with Gasteiger partial charge in [0.05, 0.1) is 13.1 Å². The van der Waals surface area contributed by atoms with Crippen LogP contribution in [0.1, 0.15) is 24.0 Å². The van der Waals surface area contributed by atoms with Crippen LogP contribution in [0.25, 0.3) is 10.9 Å². The number of carbonyl (C=O) groups is 1. The van der Waals surface area contributed by atoms with Crippen LogP contribution in [0.2, 0.25) is 0 Å². The highest BCUT2D eigenvalue weighted by Gasteiger charge is 2.42. The molecule has 0 radical (unpaired) electrons. The topological polar surface area (TPSA) is 42.1 Å². The first-order chi connectivity index (χ1) is 12.3. The summed E-state index contributed by atoms with van der Waals surface area (Å²) in [6, 6.07) is 18.1. The molecular weight excluding hydrogens is 312 g/mol. The number of rotatable bonds is 4. The molecule has 1 aliphatic rings. The third kappa shape index (κ3) is 3.17. The van der Waals surface area contributed by atoms with Crippen molar-refractivity contribution in [1.29, 1.82) is 0 Å². The Kier molecular flexibility index (Phi) is 4.28. The zero-order valence-electron chi connectivity index (χ0n) is 14.3. The van der Waals surface area contributed by atoms with Gasteiger partial charge in [-0.1, -0.05) is 48.5 Å². The van der Waals surface area contributed by atoms with Crippen molar-refractivity contribution in [3.8, 4) is 0 Å². The summed E-state index contributed by atoms with van der Waals surface area (Å²) in [5.74, 6) is 0. The van der Waals surface area contributed by atoms with Crippen molar-refractivity contribution in [2.45, 2.75) is 26.0 Å². The van der Waals surface area contributed by atoms with Crippen LogP contribution in [0.3, 0.4) is 0 Å². The van der Waals surface area contributed by atoms with E-state index in [0.29, 0.717) is 17.6 Å². The summed E-state index contributed by atoms with van der Waals surface area (Å²) in [7, 11) is 0. The van der Waals surface area contributed by atoms with Crippen LogP contribution in [0.5, 0.6) is 0 Å². The van der Waals surface area contributed by atoms with Crippen molar-refractivity contribution in [2.24, 2.45) is 0 Å². The Morgan fingerprint density at radius 3 is 2.52 bits per heavy atom. The number of likely N-dealkylation sites (tertiary alicyclic amines) is 1. The maximum atomic E-state index is 12.9. The van der Waals surface area contributed by atoms with Gasteiger partial charge < -0.3 is 9.72 Å². The summed E-state index contributed by atoms with van der Waals surface area (Å²) >= 11 is 0. The maximum Gasteiger partial charge on any atom is 0.516 e. The minimum Gasteiger partial charge on any atom is -0.415 e. The number of quaternary nitrogens is 1. The van der Waals surface area contributed by atoms with E-state index in [9.17, 15) is 4.79 Å². The molecule has 0 bridgehead atoms. The zero-order valence-corrected chi connectivity index (χ0v) is 14.3. The molecule has 1 aliphatic heterocycles. The largest absolute Gasteiger partial charge is 0.516 e. The number of aromatic amines is 1. The molecule has 0 unspecified atom stereocenters. The van der Waals surface area contributed by atoms with Gasteiger partial charge in [-0.05, 0) is 11.6 Å². The molecule has 1 N–H and O–H groups in total. The molecule has 4 heteroatoms. The lowest BCUT2D eigenvalue weighted by Crippen LogP contribution is -2.49. The first-order valence-electron chi connectivity index (χ1n) is 8.89. The normalized spacial score (nSPS) is 16.2. The van der Waals surface area contributed by atoms with E-state index < -0.39 is 0 Å². The fourth-order valence-electron chi connectivity index (χ4n) is 3.79. The fourth-order valence-corrected chi connectivity index (χ4v) is 3.79. The monoisotopic (exact) mass is 335 g/mol. The number of para-hydroxylation sites is 1. The Morgan fingerprint density at radius 2 is 1.72 bits per heavy atom. The van der Waals surface area contributed by atoms with Crippen molar-refractivity contribution >= 4 is 17.0 Å². The quantitative estimate of drug-likeness (QED) is 0.707. The average molecular weight is 335 g/mol. The summed E-state index contributed by atoms with van der Waals surface area (Å²) in [6.07, 6.45) is 4.07. The highest BCUT2D eigenvalue weighted by atomic mass is 16.6. The number of carbonyl (C=O) groups excluding carboxylic acids is 1. The highest BCUT2D eigenvalue weighted by molar-refractivity contribution is 5.83. The van der Waals surface area contributed by atoms with Gasteiger partial charge in [0.1, 0.15) is 13.2 Å². The maximum absolute atomic E-state index is 12.9. The molecule has 0 aliphatic carbocycles. The van der Waals surface area contributed by atoms with Gasteiger partial charge in [0, 0.05) is 35.5 Å². The first kappa shape index (κ1) is 15.9. The second-order valence-electron chi connectivity index (χ2n) is 6.86. The van der Waals surface area contributed by atoms with E-state index in [0.717, 1.165) is 37.0 Å². The molecule has 4 nitrogen and oxygen atoms in total. The predicted molar refractivity (Wildman–Crippen MR) is 97.9 cm³/mol. The Labute approximate surface area is 147 Å². The van der Waals surface area contributed by atoms with Crippen LogP contribution in [-0.4, -0.2) is 28.6 Å². The van der Waals surface area contributed by atoms with Gasteiger partial charge in [-0.2, -0.15) is 4.79 Å². The molecule has 1 fully saturated rings. The summed E-state index contributed by atoms with van der Waals surface area (Å²) in [4.78, 5) is 16.3. The molecule has 4 rings (SSSR count). The van der Waals surface area contributed by atoms with Crippen molar-refractivity contribution < 1.29 is 14.0 Å². The molecule has 0 atom stereocenters. The number of ether oxygens (including phenoxy) is 1. The number of benzene rings is 2. The molecule has 1 aromatic heterocycles. The molecule has 2 heterocycles. The average Bonchev–Trinajstić information content (AvgIpc) is 3.29. The van der Waals surface area contributed by atoms with Gasteiger partial charge in [0.2, 0.25) is 0 Å². The zero-order chi connectivity index (χ0) is 17.1. The summed E-state index contributed by atoms with van der Waals surface area (Å²) < 4.78 is 6.10. The minimum absolute atomic E-state index is 0.105. The standard InChI is InChI=1S/C21H23N2O2/c24-21(25-16-17-8-2-1-3-9-17)23(12-6-7-13-23)15-18-14-22-20-11-5-4-10-19(18)20/h1-5,8-11,14,22H,6-7,12-13,15-16H2/q+1. The van der Waals surface area contributed by atoms with Gasteiger partial charge in [-0.25, -0.2) is 4.48 Å². The Morgan fingerprint density at radius 1 is 1.00 bits per heavy atom. The van der Waals surface area contributed by atoms with Crippen LogP contribution in [0.4, 0.5) is 4.79 Å². The lowest BCUT2D eigenvalue weighted by Gasteiger charge is -2.29. The van der Waals surface area contributed by atoms with Crippen molar-refractivity contribution in [3.05, 3.63) is 71.9 Å². The van der Waals surface area contributed by atoms with Crippen LogP contribution >= 0.6 is 0 Å². The molecule has 0 saturated carbocycles. The predicted octanol–water partition coefficient (Wildman–Crippen LogP) is 4.62. The number of fused-ring (bicyclic) bond motifs is 1. The molecule has 3 aromatic rings. The number of H-pyrrole nitrogens is 1. The lowest BCUT2D eigenvalue weighted by molar-refractivity contribution is -0.859. The van der Waals surface area contributed by atoms with Gasteiger partial charge >= 0.3 is 6.09 Å². The van der Waals surface area contributed by atoms with E-state index in [1.54, 1.807) is 0 Å². The Bertz CT molecular complexity index is 864. The number of aromatic nitrogens is 1. The van der Waals surface area contributed by atoms with Gasteiger partial charge in [-0.15, -0.1) is 0 Å². The second kappa shape index (κ2) is 6.73. The number of hydrogen-bond donors (Lipinski definition) is 1. The van der Waals surface area contributed by atoms with Gasteiger partial charge in [-0.3, -0.25) is 0 Å². The molecule has 1 amide bonds. The Hall–Kier alpha value is -2.59. The summed E-state index contributed by atoms with van der Waals surface area (Å²) in [5.41, 5.74) is 3.34. The van der Waals surface area contributed by atoms with E-state index in [2.05, 4.69) is 17.1 Å². The number of hydrogen-bond acceptors (Lipinski definition) is 2. The minimum atomic E-state index is -0.105. The van der Waals surface area contributed by atoms with E-state index in [4.69, 9.17) is 4.74 Å². The van der Waals surface area contributed by atoms with Gasteiger partial charge in [0.15, 0.2) is 0 Å². The molecule has 128 valence electrons. The third-order valence-electron chi connectivity index (χ3n) is 5.16. The third-order valence-corrected chi connectivity index (χ3v) is 5.16. The highest BCUT2D eigenvalue weighted by Crippen LogP contribution is 2.28. The smallest absolute Gasteiger partial charge is 0.415 e. The molecule has 2 aromatic carbocycles. The second-order valence-corrected chi connectivity index (χ2v) is 6.86. The fraction of sp³-hybridized carbons (Fsp3) is 0.286. The molecule has 1 saturated heterocycles. The lowest BCUT2D eigenvalue weighted by atomic mass is 10.1. The van der Waals surface area contributed by atoms with E-state index in [-0.39, 0.29) is 6.09 Å². The van der Waals surface area contributed by atoms with Crippen molar-refractivity contribution in [1.82, 2.24) is 4.98 Å². The molecule has 0 spiro atoms. The molecular formula is C21H23N2O2+. The Balaban J connectivity index is 1.54. The van der Waals surface area contributed by atoms with E-state index in [1.807, 2.05) is 48.7 Å². The SMILES string of the molecule is O=C(OCc1ccccc1)[N+]1(Cc2c[nH]c3ccccc23)CCCC1. The number of nitrogens with zero attached hydrogens (tertiary/aromatic N) is 1. The summed E-state index contributed by atoms with van der Waals surface area (Å²) in [5, 5.41) is 1.20. The number of nitrogens with one attached hydrogen (secondary N) is 1. The van der Waals surface area contributed by atoms with Crippen LogP contribution in [0, 0.1) is 0 Å². The number of amides is 1. The van der Waals surface area contributed by atoms with Crippen molar-refractivity contribution in [3.63, 3.8) is 0 Å². The van der Waals surface area contributed by atoms with Crippen LogP contribution < -0.4 is 0 Å². The van der Waals surface area contributed by atoms with Crippen LogP contribution in [-0.2, 0) is 17.9 Å².